The van der Waals surface area contributed by atoms with Crippen LogP contribution in [0.4, 0.5) is 11.4 Å². The van der Waals surface area contributed by atoms with E-state index in [1.54, 1.807) is 30.3 Å². The number of fused-ring (bicyclic) bond motifs is 1. The molecule has 148 valence electrons. The Labute approximate surface area is 167 Å². The number of rotatable bonds is 4. The highest BCUT2D eigenvalue weighted by atomic mass is 16.5. The molecule has 0 N–H and O–H groups in total. The second-order valence-corrected chi connectivity index (χ2v) is 6.71. The SMILES string of the molecule is COC(=O)C1=NN(c2ccccc2C)[C@@H]2C(=O)N(c3ccccc3OC)C(=O)[C@H]12. The molecule has 2 amide bonds. The Morgan fingerprint density at radius 2 is 1.62 bits per heavy atom. The van der Waals surface area contributed by atoms with Crippen molar-refractivity contribution in [3.05, 3.63) is 54.1 Å². The molecule has 0 unspecified atom stereocenters. The zero-order valence-electron chi connectivity index (χ0n) is 16.2. The zero-order chi connectivity index (χ0) is 20.7. The van der Waals surface area contributed by atoms with Crippen molar-refractivity contribution in [3.63, 3.8) is 0 Å². The van der Waals surface area contributed by atoms with Crippen molar-refractivity contribution in [2.45, 2.75) is 13.0 Å². The molecule has 2 aromatic carbocycles. The fourth-order valence-corrected chi connectivity index (χ4v) is 3.76. The number of anilines is 2. The third-order valence-corrected chi connectivity index (χ3v) is 5.13. The van der Waals surface area contributed by atoms with E-state index in [2.05, 4.69) is 5.10 Å². The van der Waals surface area contributed by atoms with E-state index in [9.17, 15) is 14.4 Å². The molecule has 0 saturated carbocycles. The van der Waals surface area contributed by atoms with Crippen LogP contribution in [0.3, 0.4) is 0 Å². The molecule has 2 atom stereocenters. The maximum atomic E-state index is 13.4. The Kier molecular flexibility index (Phi) is 4.54. The van der Waals surface area contributed by atoms with E-state index in [4.69, 9.17) is 9.47 Å². The average molecular weight is 393 g/mol. The molecule has 2 aromatic rings. The molecule has 4 rings (SSSR count). The molecule has 0 bridgehead atoms. The van der Waals surface area contributed by atoms with Crippen LogP contribution in [0.1, 0.15) is 5.56 Å². The smallest absolute Gasteiger partial charge is 0.355 e. The second-order valence-electron chi connectivity index (χ2n) is 6.71. The van der Waals surface area contributed by atoms with E-state index in [1.807, 2.05) is 25.1 Å². The Hall–Kier alpha value is -3.68. The minimum atomic E-state index is -1.06. The number of amides is 2. The number of ether oxygens (including phenoxy) is 2. The number of hydrogen-bond donors (Lipinski definition) is 0. The molecule has 2 aliphatic rings. The van der Waals surface area contributed by atoms with Gasteiger partial charge in [-0.1, -0.05) is 30.3 Å². The van der Waals surface area contributed by atoms with Gasteiger partial charge in [0, 0.05) is 0 Å². The van der Waals surface area contributed by atoms with E-state index in [0.717, 1.165) is 10.5 Å². The summed E-state index contributed by atoms with van der Waals surface area (Å²) in [6, 6.07) is 13.1. The Morgan fingerprint density at radius 1 is 0.966 bits per heavy atom. The quantitative estimate of drug-likeness (QED) is 0.582. The summed E-state index contributed by atoms with van der Waals surface area (Å²) in [5.41, 5.74) is 1.74. The van der Waals surface area contributed by atoms with Gasteiger partial charge in [0.1, 0.15) is 17.7 Å². The average Bonchev–Trinajstić information content (AvgIpc) is 3.25. The molecule has 0 spiro atoms. The molecule has 8 nitrogen and oxygen atoms in total. The van der Waals surface area contributed by atoms with Crippen molar-refractivity contribution in [1.82, 2.24) is 0 Å². The van der Waals surface area contributed by atoms with Crippen LogP contribution in [0, 0.1) is 12.8 Å². The number of hydrazone groups is 1. The van der Waals surface area contributed by atoms with Gasteiger partial charge in [-0.25, -0.2) is 9.69 Å². The van der Waals surface area contributed by atoms with E-state index in [-0.39, 0.29) is 5.71 Å². The van der Waals surface area contributed by atoms with Crippen LogP contribution in [0.2, 0.25) is 0 Å². The van der Waals surface area contributed by atoms with Crippen LogP contribution in [-0.2, 0) is 19.1 Å². The summed E-state index contributed by atoms with van der Waals surface area (Å²) in [5.74, 6) is -2.42. The van der Waals surface area contributed by atoms with Gasteiger partial charge in [-0.05, 0) is 30.7 Å². The minimum Gasteiger partial charge on any atom is -0.495 e. The first kappa shape index (κ1) is 18.7. The number of hydrogen-bond acceptors (Lipinski definition) is 7. The van der Waals surface area contributed by atoms with Gasteiger partial charge in [-0.15, -0.1) is 0 Å². The molecular formula is C21H19N3O5. The maximum Gasteiger partial charge on any atom is 0.355 e. The van der Waals surface area contributed by atoms with Gasteiger partial charge >= 0.3 is 5.97 Å². The lowest BCUT2D eigenvalue weighted by Crippen LogP contribution is -2.39. The molecule has 1 fully saturated rings. The van der Waals surface area contributed by atoms with Gasteiger partial charge < -0.3 is 9.47 Å². The number of carbonyl (C=O) groups is 3. The molecule has 2 aliphatic heterocycles. The van der Waals surface area contributed by atoms with Gasteiger partial charge in [0.05, 0.1) is 25.6 Å². The molecule has 0 aliphatic carbocycles. The van der Waals surface area contributed by atoms with Crippen molar-refractivity contribution < 1.29 is 23.9 Å². The van der Waals surface area contributed by atoms with Crippen molar-refractivity contribution in [2.75, 3.05) is 24.1 Å². The van der Waals surface area contributed by atoms with Crippen molar-refractivity contribution >= 4 is 34.9 Å². The molecule has 29 heavy (non-hydrogen) atoms. The van der Waals surface area contributed by atoms with Crippen molar-refractivity contribution in [1.29, 1.82) is 0 Å². The van der Waals surface area contributed by atoms with Crippen LogP contribution in [-0.4, -0.2) is 43.8 Å². The lowest BCUT2D eigenvalue weighted by molar-refractivity contribution is -0.133. The number of aryl methyl sites for hydroxylation is 1. The first-order valence-electron chi connectivity index (χ1n) is 9.02. The topological polar surface area (TPSA) is 88.5 Å². The van der Waals surface area contributed by atoms with E-state index < -0.39 is 29.7 Å². The predicted octanol–water partition coefficient (Wildman–Crippen LogP) is 1.91. The standard InChI is InChI=1S/C21H19N3O5/c1-12-8-4-5-9-13(12)24-18-16(17(22-24)21(27)29-3)19(25)23(20(18)26)14-10-6-7-11-15(14)28-2/h4-11,16,18H,1-3H3/t16-,18+/m1/s1. The number of methoxy groups -OCH3 is 2. The van der Waals surface area contributed by atoms with Gasteiger partial charge in [-0.3, -0.25) is 14.6 Å². The fraction of sp³-hybridized carbons (Fsp3) is 0.238. The van der Waals surface area contributed by atoms with Crippen LogP contribution in [0.5, 0.6) is 5.75 Å². The number of esters is 1. The normalized spacial score (nSPS) is 20.6. The third kappa shape index (κ3) is 2.75. The molecule has 2 heterocycles. The predicted molar refractivity (Wildman–Crippen MR) is 106 cm³/mol. The summed E-state index contributed by atoms with van der Waals surface area (Å²) in [4.78, 5) is 40.1. The molecule has 0 aromatic heterocycles. The van der Waals surface area contributed by atoms with Crippen molar-refractivity contribution in [2.24, 2.45) is 11.0 Å². The summed E-state index contributed by atoms with van der Waals surface area (Å²) in [6.07, 6.45) is 0. The lowest BCUT2D eigenvalue weighted by atomic mass is 9.97. The van der Waals surface area contributed by atoms with Gasteiger partial charge in [0.2, 0.25) is 5.91 Å². The number of benzene rings is 2. The summed E-state index contributed by atoms with van der Waals surface area (Å²) >= 11 is 0. The molecule has 8 heteroatoms. The molecule has 1 saturated heterocycles. The molecular weight excluding hydrogens is 374 g/mol. The van der Waals surface area contributed by atoms with Crippen molar-refractivity contribution in [3.8, 4) is 5.75 Å². The third-order valence-electron chi connectivity index (χ3n) is 5.13. The molecule has 0 radical (unpaired) electrons. The summed E-state index contributed by atoms with van der Waals surface area (Å²) in [7, 11) is 2.68. The van der Waals surface area contributed by atoms with Gasteiger partial charge in [0.15, 0.2) is 5.71 Å². The van der Waals surface area contributed by atoms with Crippen LogP contribution >= 0.6 is 0 Å². The lowest BCUT2D eigenvalue weighted by Gasteiger charge is -2.24. The van der Waals surface area contributed by atoms with E-state index in [0.29, 0.717) is 17.1 Å². The van der Waals surface area contributed by atoms with Crippen LogP contribution < -0.4 is 14.6 Å². The first-order chi connectivity index (χ1) is 14.0. The van der Waals surface area contributed by atoms with E-state index in [1.165, 1.54) is 19.2 Å². The minimum absolute atomic E-state index is 0.0866. The highest BCUT2D eigenvalue weighted by molar-refractivity contribution is 6.47. The number of carbonyl (C=O) groups excluding carboxylic acids is 3. The zero-order valence-corrected chi connectivity index (χ0v) is 16.2. The largest absolute Gasteiger partial charge is 0.495 e. The maximum absolute atomic E-state index is 13.4. The monoisotopic (exact) mass is 393 g/mol. The first-order valence-corrected chi connectivity index (χ1v) is 9.02. The second kappa shape index (κ2) is 7.05. The Morgan fingerprint density at radius 3 is 2.28 bits per heavy atom. The Balaban J connectivity index is 1.85. The highest BCUT2D eigenvalue weighted by Gasteiger charge is 2.59. The van der Waals surface area contributed by atoms with Crippen LogP contribution in [0.25, 0.3) is 0 Å². The number of imide groups is 1. The highest BCUT2D eigenvalue weighted by Crippen LogP contribution is 2.41. The fourth-order valence-electron chi connectivity index (χ4n) is 3.76. The van der Waals surface area contributed by atoms with Gasteiger partial charge in [0.25, 0.3) is 5.91 Å². The van der Waals surface area contributed by atoms with Gasteiger partial charge in [-0.2, -0.15) is 5.10 Å². The Bertz CT molecular complexity index is 1050. The van der Waals surface area contributed by atoms with E-state index >= 15 is 0 Å². The van der Waals surface area contributed by atoms with Crippen LogP contribution in [0.15, 0.2) is 53.6 Å². The summed E-state index contributed by atoms with van der Waals surface area (Å²) in [5, 5.41) is 5.77. The number of nitrogens with zero attached hydrogens (tertiary/aromatic N) is 3. The summed E-state index contributed by atoms with van der Waals surface area (Å²) < 4.78 is 10.1. The number of para-hydroxylation sites is 3. The summed E-state index contributed by atoms with van der Waals surface area (Å²) in [6.45, 7) is 1.87.